The fourth-order valence-corrected chi connectivity index (χ4v) is 6.95. The lowest BCUT2D eigenvalue weighted by molar-refractivity contribution is 0.220. The predicted molar refractivity (Wildman–Crippen MR) is 160 cm³/mol. The number of rotatable bonds is 2. The number of nitrogens with one attached hydrogen (secondary N) is 1. The van der Waals surface area contributed by atoms with Crippen molar-refractivity contribution in [2.75, 3.05) is 34.4 Å². The third kappa shape index (κ3) is 4.18. The molecule has 1 unspecified atom stereocenters. The molecule has 2 atom stereocenters. The number of methoxy groups -OCH3 is 2. The maximum atomic E-state index is 6.86. The number of hydrogen-bond acceptors (Lipinski definition) is 7. The zero-order valence-corrected chi connectivity index (χ0v) is 24.2. The molecule has 214 valence electrons. The Morgan fingerprint density at radius 1 is 0.738 bits per heavy atom. The number of nitrogens with zero attached hydrogens (tertiary/aromatic N) is 1. The lowest BCUT2D eigenvalue weighted by Crippen LogP contribution is -2.34. The van der Waals surface area contributed by atoms with E-state index in [4.69, 9.17) is 23.7 Å². The Hall–Kier alpha value is -4.20. The van der Waals surface area contributed by atoms with Crippen molar-refractivity contribution in [1.29, 1.82) is 0 Å². The number of likely N-dealkylation sites (N-methyl/N-ethyl adjacent to an activating group) is 1. The van der Waals surface area contributed by atoms with Crippen LogP contribution in [0.15, 0.2) is 60.7 Å². The van der Waals surface area contributed by atoms with Gasteiger partial charge in [-0.25, -0.2) is 0 Å². The fourth-order valence-electron chi connectivity index (χ4n) is 6.95. The molecule has 42 heavy (non-hydrogen) atoms. The summed E-state index contributed by atoms with van der Waals surface area (Å²) in [5.41, 5.74) is 7.33. The third-order valence-electron chi connectivity index (χ3n) is 9.18. The SMILES string of the molecule is COc1ccc2cc1Oc1ccc(cc1)CC1c3c(cc(OC)c4c3Oc3cc5c(cc3O4)CCN[C@@H]5C2)CCN1C. The maximum Gasteiger partial charge on any atom is 0.212 e. The average molecular weight is 563 g/mol. The first kappa shape index (κ1) is 25.5. The van der Waals surface area contributed by atoms with E-state index >= 15 is 0 Å². The van der Waals surface area contributed by atoms with E-state index in [-0.39, 0.29) is 12.1 Å². The summed E-state index contributed by atoms with van der Waals surface area (Å²) in [6.45, 7) is 1.85. The molecule has 5 heterocycles. The molecule has 7 nitrogen and oxygen atoms in total. The fraction of sp³-hybridized carbons (Fsp3) is 0.314. The molecular formula is C35H34N2O5. The second-order valence-corrected chi connectivity index (χ2v) is 11.7. The van der Waals surface area contributed by atoms with E-state index in [0.29, 0.717) is 23.0 Å². The normalized spacial score (nSPS) is 20.1. The van der Waals surface area contributed by atoms with Crippen LogP contribution in [0.5, 0.6) is 46.0 Å². The van der Waals surface area contributed by atoms with Crippen LogP contribution in [0, 0.1) is 0 Å². The Kier molecular flexibility index (Phi) is 6.05. The highest BCUT2D eigenvalue weighted by Crippen LogP contribution is 2.56. The lowest BCUT2D eigenvalue weighted by atomic mass is 9.87. The van der Waals surface area contributed by atoms with Gasteiger partial charge in [0.15, 0.2) is 34.5 Å². The van der Waals surface area contributed by atoms with Crippen LogP contribution in [0.25, 0.3) is 0 Å². The highest BCUT2D eigenvalue weighted by Gasteiger charge is 2.36. The zero-order chi connectivity index (χ0) is 28.4. The monoisotopic (exact) mass is 562 g/mol. The van der Waals surface area contributed by atoms with Crippen LogP contribution in [0.2, 0.25) is 0 Å². The predicted octanol–water partition coefficient (Wildman–Crippen LogP) is 6.91. The zero-order valence-electron chi connectivity index (χ0n) is 24.2. The molecule has 9 rings (SSSR count). The van der Waals surface area contributed by atoms with Crippen LogP contribution in [0.1, 0.15) is 45.5 Å². The van der Waals surface area contributed by atoms with Crippen LogP contribution in [0.3, 0.4) is 0 Å². The first-order chi connectivity index (χ1) is 20.6. The number of ether oxygens (including phenoxy) is 5. The molecule has 7 heteroatoms. The average Bonchev–Trinajstić information content (AvgIpc) is 3.01. The highest BCUT2D eigenvalue weighted by molar-refractivity contribution is 5.67. The minimum Gasteiger partial charge on any atom is -0.493 e. The third-order valence-corrected chi connectivity index (χ3v) is 9.18. The van der Waals surface area contributed by atoms with Crippen molar-refractivity contribution < 1.29 is 23.7 Å². The van der Waals surface area contributed by atoms with Gasteiger partial charge in [-0.05, 0) is 110 Å². The molecule has 0 saturated heterocycles. The molecule has 0 aromatic heterocycles. The van der Waals surface area contributed by atoms with Gasteiger partial charge in [-0.3, -0.25) is 4.90 Å². The van der Waals surface area contributed by atoms with Gasteiger partial charge in [0.2, 0.25) is 5.75 Å². The van der Waals surface area contributed by atoms with Crippen LogP contribution in [-0.4, -0.2) is 39.3 Å². The lowest BCUT2D eigenvalue weighted by Gasteiger charge is -2.38. The van der Waals surface area contributed by atoms with Gasteiger partial charge in [0.25, 0.3) is 0 Å². The molecule has 7 bridgehead atoms. The summed E-state index contributed by atoms with van der Waals surface area (Å²) in [6, 6.07) is 21.3. The van der Waals surface area contributed by atoms with Crippen LogP contribution < -0.4 is 29.0 Å². The van der Waals surface area contributed by atoms with E-state index in [0.717, 1.165) is 61.8 Å². The Labute approximate surface area is 245 Å². The van der Waals surface area contributed by atoms with Crippen molar-refractivity contribution in [1.82, 2.24) is 10.2 Å². The standard InChI is InChI=1S/C35H34N2O5/c1-37-13-11-23-18-32(39-3)34-35-33(23)27(37)15-20-4-7-24(8-5-20)40-29-16-21(6-9-28(29)38-2)14-26-25-19-31(42-35)30(41-34)17-22(25)10-12-36-26/h4-9,16-19,26-27,36H,10-15H2,1-3H3/t26-,27?/m1/s1. The van der Waals surface area contributed by atoms with Gasteiger partial charge in [0.05, 0.1) is 14.2 Å². The van der Waals surface area contributed by atoms with E-state index in [1.54, 1.807) is 14.2 Å². The van der Waals surface area contributed by atoms with E-state index < -0.39 is 0 Å². The Balaban J connectivity index is 1.32. The minimum atomic E-state index is 0.119. The first-order valence-electron chi connectivity index (χ1n) is 14.7. The summed E-state index contributed by atoms with van der Waals surface area (Å²) in [7, 11) is 5.58. The molecule has 0 aliphatic carbocycles. The molecule has 4 aromatic carbocycles. The van der Waals surface area contributed by atoms with Gasteiger partial charge in [-0.1, -0.05) is 18.2 Å². The van der Waals surface area contributed by atoms with Crippen molar-refractivity contribution in [3.63, 3.8) is 0 Å². The van der Waals surface area contributed by atoms with Crippen molar-refractivity contribution >= 4 is 0 Å². The largest absolute Gasteiger partial charge is 0.493 e. The maximum absolute atomic E-state index is 6.86. The summed E-state index contributed by atoms with van der Waals surface area (Å²) in [5.74, 6) is 5.86. The molecule has 4 aromatic rings. The highest BCUT2D eigenvalue weighted by atomic mass is 16.6. The van der Waals surface area contributed by atoms with Gasteiger partial charge >= 0.3 is 0 Å². The number of fused-ring (bicyclic) bond motifs is 2. The molecular weight excluding hydrogens is 528 g/mol. The quantitative estimate of drug-likeness (QED) is 0.251. The van der Waals surface area contributed by atoms with E-state index in [1.165, 1.54) is 33.4 Å². The van der Waals surface area contributed by atoms with Crippen LogP contribution in [0.4, 0.5) is 0 Å². The van der Waals surface area contributed by atoms with Crippen LogP contribution in [-0.2, 0) is 25.7 Å². The molecule has 0 saturated carbocycles. The number of benzene rings is 4. The summed E-state index contributed by atoms with van der Waals surface area (Å²) in [4.78, 5) is 2.42. The van der Waals surface area contributed by atoms with Gasteiger partial charge < -0.3 is 29.0 Å². The summed E-state index contributed by atoms with van der Waals surface area (Å²) in [5, 5.41) is 3.74. The van der Waals surface area contributed by atoms with Gasteiger partial charge in [-0.15, -0.1) is 0 Å². The smallest absolute Gasteiger partial charge is 0.212 e. The summed E-state index contributed by atoms with van der Waals surface area (Å²) >= 11 is 0. The van der Waals surface area contributed by atoms with Crippen molar-refractivity contribution in [3.05, 3.63) is 94.0 Å². The molecule has 1 N–H and O–H groups in total. The van der Waals surface area contributed by atoms with Crippen molar-refractivity contribution in [2.45, 2.75) is 37.8 Å². The Bertz CT molecular complexity index is 1700. The summed E-state index contributed by atoms with van der Waals surface area (Å²) in [6.07, 6.45) is 3.48. The molecule has 5 aliphatic rings. The van der Waals surface area contributed by atoms with Gasteiger partial charge in [0.1, 0.15) is 5.75 Å². The topological polar surface area (TPSA) is 61.4 Å². The molecule has 0 spiro atoms. The first-order valence-corrected chi connectivity index (χ1v) is 14.7. The van der Waals surface area contributed by atoms with Crippen molar-refractivity contribution in [2.24, 2.45) is 0 Å². The minimum absolute atomic E-state index is 0.119. The molecule has 0 fully saturated rings. The van der Waals surface area contributed by atoms with Crippen LogP contribution >= 0.6 is 0 Å². The number of hydrogen-bond donors (Lipinski definition) is 1. The molecule has 5 aliphatic heterocycles. The van der Waals surface area contributed by atoms with Gasteiger partial charge in [-0.2, -0.15) is 0 Å². The van der Waals surface area contributed by atoms with Gasteiger partial charge in [0, 0.05) is 24.2 Å². The Morgan fingerprint density at radius 3 is 2.36 bits per heavy atom. The molecule has 0 amide bonds. The van der Waals surface area contributed by atoms with E-state index in [2.05, 4.69) is 59.7 Å². The molecule has 0 radical (unpaired) electrons. The Morgan fingerprint density at radius 2 is 1.52 bits per heavy atom. The van der Waals surface area contributed by atoms with E-state index in [9.17, 15) is 0 Å². The van der Waals surface area contributed by atoms with E-state index in [1.807, 2.05) is 18.2 Å². The second kappa shape index (κ2) is 9.96. The summed E-state index contributed by atoms with van der Waals surface area (Å²) < 4.78 is 31.4. The second-order valence-electron chi connectivity index (χ2n) is 11.7. The van der Waals surface area contributed by atoms with Crippen molar-refractivity contribution in [3.8, 4) is 46.0 Å².